The number of hydrogen-bond donors (Lipinski definition) is 1. The zero-order valence-electron chi connectivity index (χ0n) is 9.64. The summed E-state index contributed by atoms with van der Waals surface area (Å²) in [6.07, 6.45) is 3.38. The Morgan fingerprint density at radius 1 is 1.26 bits per heavy atom. The van der Waals surface area contributed by atoms with Crippen LogP contribution in [0.2, 0.25) is 0 Å². The zero-order valence-corrected chi connectivity index (χ0v) is 12.8. The Balaban J connectivity index is 2.12. The number of ether oxygens (including phenoxy) is 1. The van der Waals surface area contributed by atoms with Gasteiger partial charge in [-0.05, 0) is 56.1 Å². The van der Waals surface area contributed by atoms with Gasteiger partial charge in [-0.3, -0.25) is 4.98 Å². The molecule has 1 heterocycles. The summed E-state index contributed by atoms with van der Waals surface area (Å²) in [5, 5.41) is 9.01. The molecule has 0 unspecified atom stereocenters. The predicted octanol–water partition coefficient (Wildman–Crippen LogP) is 3.88. The molecule has 1 aromatic heterocycles. The molecule has 0 saturated carbocycles. The van der Waals surface area contributed by atoms with E-state index in [4.69, 9.17) is 9.84 Å². The van der Waals surface area contributed by atoms with Crippen LogP contribution >= 0.6 is 31.9 Å². The Kier molecular flexibility index (Phi) is 4.55. The van der Waals surface area contributed by atoms with E-state index in [1.807, 2.05) is 6.07 Å². The maximum atomic E-state index is 11.0. The minimum Gasteiger partial charge on any atom is -0.489 e. The number of aromatic nitrogens is 1. The van der Waals surface area contributed by atoms with E-state index in [9.17, 15) is 4.79 Å². The van der Waals surface area contributed by atoms with Gasteiger partial charge in [0, 0.05) is 26.9 Å². The minimum atomic E-state index is -0.999. The van der Waals surface area contributed by atoms with Crippen molar-refractivity contribution in [2.75, 3.05) is 0 Å². The van der Waals surface area contributed by atoms with E-state index >= 15 is 0 Å². The molecule has 19 heavy (non-hydrogen) atoms. The second-order valence-corrected chi connectivity index (χ2v) is 5.52. The average molecular weight is 387 g/mol. The molecule has 0 saturated heterocycles. The first-order valence-corrected chi connectivity index (χ1v) is 6.90. The number of pyridine rings is 1. The van der Waals surface area contributed by atoms with E-state index in [1.165, 1.54) is 6.07 Å². The van der Waals surface area contributed by atoms with Crippen LogP contribution in [-0.2, 0) is 6.61 Å². The molecule has 0 fully saturated rings. The van der Waals surface area contributed by atoms with Gasteiger partial charge in [0.05, 0.1) is 5.56 Å². The van der Waals surface area contributed by atoms with Gasteiger partial charge in [-0.25, -0.2) is 4.79 Å². The standard InChI is InChI=1S/C13H9Br2NO3/c14-9-3-8(5-16-6-9)7-19-10-1-2-12(15)11(4-10)13(17)18/h1-6H,7H2,(H,17,18). The molecular weight excluding hydrogens is 378 g/mol. The monoisotopic (exact) mass is 385 g/mol. The van der Waals surface area contributed by atoms with Crippen LogP contribution in [-0.4, -0.2) is 16.1 Å². The Morgan fingerprint density at radius 2 is 2.05 bits per heavy atom. The third-order valence-corrected chi connectivity index (χ3v) is 3.46. The second-order valence-electron chi connectivity index (χ2n) is 3.75. The van der Waals surface area contributed by atoms with Gasteiger partial charge in [0.15, 0.2) is 0 Å². The summed E-state index contributed by atoms with van der Waals surface area (Å²) in [7, 11) is 0. The number of halogens is 2. The number of hydrogen-bond acceptors (Lipinski definition) is 3. The summed E-state index contributed by atoms with van der Waals surface area (Å²) < 4.78 is 6.94. The average Bonchev–Trinajstić information content (AvgIpc) is 2.37. The first-order chi connectivity index (χ1) is 9.06. The molecule has 0 spiro atoms. The molecule has 98 valence electrons. The van der Waals surface area contributed by atoms with Gasteiger partial charge < -0.3 is 9.84 Å². The van der Waals surface area contributed by atoms with Crippen LogP contribution in [0.1, 0.15) is 15.9 Å². The topological polar surface area (TPSA) is 59.4 Å². The van der Waals surface area contributed by atoms with Crippen LogP contribution in [0, 0.1) is 0 Å². The maximum Gasteiger partial charge on any atom is 0.336 e. The van der Waals surface area contributed by atoms with Crippen LogP contribution in [0.25, 0.3) is 0 Å². The van der Waals surface area contributed by atoms with E-state index in [1.54, 1.807) is 24.5 Å². The van der Waals surface area contributed by atoms with Crippen molar-refractivity contribution in [3.8, 4) is 5.75 Å². The molecule has 2 rings (SSSR count). The third-order valence-electron chi connectivity index (χ3n) is 2.34. The highest BCUT2D eigenvalue weighted by Gasteiger charge is 2.09. The molecule has 0 bridgehead atoms. The number of nitrogens with zero attached hydrogens (tertiary/aromatic N) is 1. The molecule has 0 aliphatic rings. The van der Waals surface area contributed by atoms with Crippen molar-refractivity contribution in [3.63, 3.8) is 0 Å². The van der Waals surface area contributed by atoms with E-state index in [0.29, 0.717) is 16.8 Å². The van der Waals surface area contributed by atoms with Gasteiger partial charge in [0.25, 0.3) is 0 Å². The maximum absolute atomic E-state index is 11.0. The summed E-state index contributed by atoms with van der Waals surface area (Å²) in [6, 6.07) is 6.74. The molecule has 0 aliphatic carbocycles. The Labute approximate surface area is 126 Å². The summed E-state index contributed by atoms with van der Waals surface area (Å²) >= 11 is 6.51. The number of carbonyl (C=O) groups is 1. The van der Waals surface area contributed by atoms with Crippen LogP contribution in [0.4, 0.5) is 0 Å². The van der Waals surface area contributed by atoms with Gasteiger partial charge in [0.1, 0.15) is 12.4 Å². The van der Waals surface area contributed by atoms with Crippen molar-refractivity contribution < 1.29 is 14.6 Å². The van der Waals surface area contributed by atoms with Crippen molar-refractivity contribution in [1.29, 1.82) is 0 Å². The highest BCUT2D eigenvalue weighted by molar-refractivity contribution is 9.10. The highest BCUT2D eigenvalue weighted by Crippen LogP contribution is 2.23. The fraction of sp³-hybridized carbons (Fsp3) is 0.0769. The van der Waals surface area contributed by atoms with Gasteiger partial charge in [0.2, 0.25) is 0 Å². The van der Waals surface area contributed by atoms with Crippen molar-refractivity contribution in [2.45, 2.75) is 6.61 Å². The molecule has 0 amide bonds. The van der Waals surface area contributed by atoms with E-state index in [-0.39, 0.29) is 5.56 Å². The van der Waals surface area contributed by atoms with Crippen LogP contribution in [0.15, 0.2) is 45.6 Å². The lowest BCUT2D eigenvalue weighted by Crippen LogP contribution is -2.00. The lowest BCUT2D eigenvalue weighted by atomic mass is 10.2. The van der Waals surface area contributed by atoms with Gasteiger partial charge >= 0.3 is 5.97 Å². The number of carboxylic acid groups (broad SMARTS) is 1. The first-order valence-electron chi connectivity index (χ1n) is 5.31. The van der Waals surface area contributed by atoms with E-state index in [0.717, 1.165) is 10.0 Å². The highest BCUT2D eigenvalue weighted by atomic mass is 79.9. The predicted molar refractivity (Wildman–Crippen MR) is 77.4 cm³/mol. The third kappa shape index (κ3) is 3.78. The van der Waals surface area contributed by atoms with Crippen LogP contribution in [0.3, 0.4) is 0 Å². The Morgan fingerprint density at radius 3 is 2.74 bits per heavy atom. The summed E-state index contributed by atoms with van der Waals surface area (Å²) in [5.74, 6) is -0.498. The fourth-order valence-electron chi connectivity index (χ4n) is 1.46. The van der Waals surface area contributed by atoms with Crippen molar-refractivity contribution >= 4 is 37.8 Å². The van der Waals surface area contributed by atoms with Gasteiger partial charge in [-0.2, -0.15) is 0 Å². The molecule has 0 radical (unpaired) electrons. The summed E-state index contributed by atoms with van der Waals surface area (Å²) in [5.41, 5.74) is 1.07. The van der Waals surface area contributed by atoms with Gasteiger partial charge in [-0.15, -0.1) is 0 Å². The number of benzene rings is 1. The lowest BCUT2D eigenvalue weighted by Gasteiger charge is -2.08. The van der Waals surface area contributed by atoms with Crippen LogP contribution < -0.4 is 4.74 Å². The van der Waals surface area contributed by atoms with Crippen molar-refractivity contribution in [3.05, 3.63) is 56.7 Å². The normalized spacial score (nSPS) is 10.2. The molecule has 0 aliphatic heterocycles. The van der Waals surface area contributed by atoms with E-state index in [2.05, 4.69) is 36.8 Å². The molecule has 0 atom stereocenters. The SMILES string of the molecule is O=C(O)c1cc(OCc2cncc(Br)c2)ccc1Br. The van der Waals surface area contributed by atoms with Crippen molar-refractivity contribution in [1.82, 2.24) is 4.98 Å². The fourth-order valence-corrected chi connectivity index (χ4v) is 2.29. The molecular formula is C13H9Br2NO3. The van der Waals surface area contributed by atoms with Crippen molar-refractivity contribution in [2.24, 2.45) is 0 Å². The second kappa shape index (κ2) is 6.16. The largest absolute Gasteiger partial charge is 0.489 e. The minimum absolute atomic E-state index is 0.171. The Bertz CT molecular complexity index is 617. The van der Waals surface area contributed by atoms with Crippen LogP contribution in [0.5, 0.6) is 5.75 Å². The van der Waals surface area contributed by atoms with Gasteiger partial charge in [-0.1, -0.05) is 0 Å². The zero-order chi connectivity index (χ0) is 13.8. The Hall–Kier alpha value is -1.40. The van der Waals surface area contributed by atoms with E-state index < -0.39 is 5.97 Å². The number of rotatable bonds is 4. The first kappa shape index (κ1) is 14.0. The molecule has 1 N–H and O–H groups in total. The summed E-state index contributed by atoms with van der Waals surface area (Å²) in [6.45, 7) is 0.327. The lowest BCUT2D eigenvalue weighted by molar-refractivity contribution is 0.0695. The summed E-state index contributed by atoms with van der Waals surface area (Å²) in [4.78, 5) is 15.0. The molecule has 6 heteroatoms. The molecule has 1 aromatic carbocycles. The number of carboxylic acids is 1. The smallest absolute Gasteiger partial charge is 0.336 e. The quantitative estimate of drug-likeness (QED) is 0.865. The molecule has 4 nitrogen and oxygen atoms in total. The molecule has 2 aromatic rings. The number of aromatic carboxylic acids is 1.